The predicted molar refractivity (Wildman–Crippen MR) is 106 cm³/mol. The number of hydrogen-bond acceptors (Lipinski definition) is 5. The van der Waals surface area contributed by atoms with Crippen LogP contribution in [0.15, 0.2) is 79.1 Å². The molecular formula is C22H17F2N3O2. The SMILES string of the molecule is Oc1c(C(Nc2ccc(OC(F)F)cc2)c2ccccn2)ccc2cccnc12. The Morgan fingerprint density at radius 3 is 2.38 bits per heavy atom. The van der Waals surface area contributed by atoms with Crippen LogP contribution in [0.4, 0.5) is 14.5 Å². The number of fused-ring (bicyclic) bond motifs is 1. The second-order valence-electron chi connectivity index (χ2n) is 6.31. The van der Waals surface area contributed by atoms with Gasteiger partial charge >= 0.3 is 6.61 Å². The third-order valence-electron chi connectivity index (χ3n) is 4.46. The van der Waals surface area contributed by atoms with Crippen LogP contribution in [-0.2, 0) is 0 Å². The maximum Gasteiger partial charge on any atom is 0.387 e. The van der Waals surface area contributed by atoms with Crippen molar-refractivity contribution >= 4 is 16.6 Å². The van der Waals surface area contributed by atoms with Gasteiger partial charge in [0.2, 0.25) is 0 Å². The molecule has 0 aliphatic heterocycles. The minimum atomic E-state index is -2.88. The molecule has 0 radical (unpaired) electrons. The van der Waals surface area contributed by atoms with Crippen LogP contribution in [0.5, 0.6) is 11.5 Å². The number of halogens is 2. The molecule has 2 aromatic carbocycles. The maximum absolute atomic E-state index is 12.4. The number of nitrogens with one attached hydrogen (secondary N) is 1. The molecule has 0 aliphatic rings. The first-order chi connectivity index (χ1) is 14.1. The first-order valence-corrected chi connectivity index (χ1v) is 8.91. The Bertz CT molecular complexity index is 1110. The number of alkyl halides is 2. The number of pyridine rings is 2. The van der Waals surface area contributed by atoms with E-state index >= 15 is 0 Å². The Kier molecular flexibility index (Phi) is 5.20. The molecule has 0 spiro atoms. The standard InChI is InChI=1S/C22H17F2N3O2/c23-22(24)29-16-9-7-15(8-10-16)27-20(18-5-1-2-12-25-18)17-11-6-14-4-3-13-26-19(14)21(17)28/h1-13,20,22,27-28H. The molecule has 5 nitrogen and oxygen atoms in total. The number of aromatic nitrogens is 2. The number of ether oxygens (including phenoxy) is 1. The van der Waals surface area contributed by atoms with Gasteiger partial charge < -0.3 is 15.2 Å². The summed E-state index contributed by atoms with van der Waals surface area (Å²) in [5, 5.41) is 15.0. The summed E-state index contributed by atoms with van der Waals surface area (Å²) in [6.45, 7) is -2.88. The summed E-state index contributed by atoms with van der Waals surface area (Å²) in [7, 11) is 0. The van der Waals surface area contributed by atoms with Gasteiger partial charge in [-0.25, -0.2) is 0 Å². The first kappa shape index (κ1) is 18.6. The van der Waals surface area contributed by atoms with Crippen molar-refractivity contribution in [1.82, 2.24) is 9.97 Å². The lowest BCUT2D eigenvalue weighted by molar-refractivity contribution is -0.0498. The second-order valence-corrected chi connectivity index (χ2v) is 6.31. The molecule has 0 amide bonds. The summed E-state index contributed by atoms with van der Waals surface area (Å²) in [6.07, 6.45) is 3.29. The zero-order valence-electron chi connectivity index (χ0n) is 15.2. The van der Waals surface area contributed by atoms with Crippen LogP contribution in [0, 0.1) is 0 Å². The van der Waals surface area contributed by atoms with E-state index in [0.717, 1.165) is 5.39 Å². The summed E-state index contributed by atoms with van der Waals surface area (Å²) in [4.78, 5) is 8.69. The Morgan fingerprint density at radius 2 is 1.66 bits per heavy atom. The molecule has 0 bridgehead atoms. The summed E-state index contributed by atoms with van der Waals surface area (Å²) < 4.78 is 29.1. The molecule has 0 aliphatic carbocycles. The average Bonchev–Trinajstić information content (AvgIpc) is 2.74. The van der Waals surface area contributed by atoms with Crippen LogP contribution in [0.2, 0.25) is 0 Å². The van der Waals surface area contributed by atoms with Crippen LogP contribution < -0.4 is 10.1 Å². The van der Waals surface area contributed by atoms with Crippen LogP contribution in [0.1, 0.15) is 17.3 Å². The fourth-order valence-corrected chi connectivity index (χ4v) is 3.14. The lowest BCUT2D eigenvalue weighted by Gasteiger charge is -2.21. The van der Waals surface area contributed by atoms with Crippen molar-refractivity contribution in [3.05, 3.63) is 90.4 Å². The highest BCUT2D eigenvalue weighted by Gasteiger charge is 2.21. The van der Waals surface area contributed by atoms with Crippen LogP contribution in [-0.4, -0.2) is 21.7 Å². The van der Waals surface area contributed by atoms with E-state index in [9.17, 15) is 13.9 Å². The van der Waals surface area contributed by atoms with Crippen molar-refractivity contribution in [2.24, 2.45) is 0 Å². The van der Waals surface area contributed by atoms with E-state index in [0.29, 0.717) is 22.5 Å². The van der Waals surface area contributed by atoms with Crippen molar-refractivity contribution in [3.8, 4) is 11.5 Å². The molecule has 1 unspecified atom stereocenters. The Morgan fingerprint density at radius 1 is 0.862 bits per heavy atom. The third kappa shape index (κ3) is 4.08. The highest BCUT2D eigenvalue weighted by molar-refractivity contribution is 5.85. The number of nitrogens with zero attached hydrogens (tertiary/aromatic N) is 2. The zero-order chi connectivity index (χ0) is 20.2. The average molecular weight is 393 g/mol. The molecule has 4 aromatic rings. The van der Waals surface area contributed by atoms with Gasteiger partial charge in [-0.1, -0.05) is 24.3 Å². The van der Waals surface area contributed by atoms with Crippen molar-refractivity contribution in [2.45, 2.75) is 12.7 Å². The molecule has 0 fully saturated rings. The molecule has 4 rings (SSSR count). The van der Waals surface area contributed by atoms with Crippen LogP contribution >= 0.6 is 0 Å². The predicted octanol–water partition coefficient (Wildman–Crippen LogP) is 5.14. The van der Waals surface area contributed by atoms with E-state index in [4.69, 9.17) is 0 Å². The summed E-state index contributed by atoms with van der Waals surface area (Å²) in [5.74, 6) is 0.126. The monoisotopic (exact) mass is 393 g/mol. The summed E-state index contributed by atoms with van der Waals surface area (Å²) in [6, 6.07) is 18.6. The van der Waals surface area contributed by atoms with Crippen molar-refractivity contribution in [3.63, 3.8) is 0 Å². The number of phenols is 1. The van der Waals surface area contributed by atoms with Gasteiger partial charge in [-0.3, -0.25) is 9.97 Å². The number of aromatic hydroxyl groups is 1. The third-order valence-corrected chi connectivity index (χ3v) is 4.46. The second kappa shape index (κ2) is 8.10. The molecule has 2 N–H and O–H groups in total. The summed E-state index contributed by atoms with van der Waals surface area (Å²) >= 11 is 0. The first-order valence-electron chi connectivity index (χ1n) is 8.91. The molecule has 29 heavy (non-hydrogen) atoms. The molecule has 146 valence electrons. The van der Waals surface area contributed by atoms with Gasteiger partial charge in [-0.2, -0.15) is 8.78 Å². The van der Waals surface area contributed by atoms with Crippen molar-refractivity contribution in [1.29, 1.82) is 0 Å². The highest BCUT2D eigenvalue weighted by atomic mass is 19.3. The highest BCUT2D eigenvalue weighted by Crippen LogP contribution is 2.36. The van der Waals surface area contributed by atoms with Crippen LogP contribution in [0.25, 0.3) is 10.9 Å². The van der Waals surface area contributed by atoms with E-state index in [1.54, 1.807) is 36.7 Å². The topological polar surface area (TPSA) is 67.3 Å². The molecular weight excluding hydrogens is 376 g/mol. The number of phenolic OH excluding ortho intramolecular Hbond substituents is 1. The van der Waals surface area contributed by atoms with E-state index in [1.807, 2.05) is 30.3 Å². The lowest BCUT2D eigenvalue weighted by Crippen LogP contribution is -2.14. The number of benzene rings is 2. The smallest absolute Gasteiger partial charge is 0.387 e. The fourth-order valence-electron chi connectivity index (χ4n) is 3.14. The van der Waals surface area contributed by atoms with Crippen molar-refractivity contribution in [2.75, 3.05) is 5.32 Å². The normalized spacial score (nSPS) is 12.1. The van der Waals surface area contributed by atoms with Gasteiger partial charge in [0.05, 0.1) is 11.7 Å². The summed E-state index contributed by atoms with van der Waals surface area (Å²) in [5.41, 5.74) is 2.44. The van der Waals surface area contributed by atoms with E-state index in [2.05, 4.69) is 20.0 Å². The molecule has 7 heteroatoms. The molecule has 2 heterocycles. The molecule has 0 saturated heterocycles. The Balaban J connectivity index is 1.73. The van der Waals surface area contributed by atoms with E-state index in [-0.39, 0.29) is 11.5 Å². The van der Waals surface area contributed by atoms with Gasteiger partial charge in [0.25, 0.3) is 0 Å². The van der Waals surface area contributed by atoms with Gasteiger partial charge in [-0.05, 0) is 42.5 Å². The van der Waals surface area contributed by atoms with Gasteiger partial charge in [-0.15, -0.1) is 0 Å². The minimum absolute atomic E-state index is 0.0592. The number of hydrogen-bond donors (Lipinski definition) is 2. The zero-order valence-corrected chi connectivity index (χ0v) is 15.2. The maximum atomic E-state index is 12.4. The molecule has 1 atom stereocenters. The fraction of sp³-hybridized carbons (Fsp3) is 0.0909. The van der Waals surface area contributed by atoms with E-state index < -0.39 is 12.7 Å². The van der Waals surface area contributed by atoms with Gasteiger partial charge in [0.15, 0.2) is 0 Å². The quantitative estimate of drug-likeness (QED) is 0.475. The molecule has 0 saturated carbocycles. The van der Waals surface area contributed by atoms with E-state index in [1.165, 1.54) is 12.1 Å². The Hall–Kier alpha value is -3.74. The van der Waals surface area contributed by atoms with Crippen LogP contribution in [0.3, 0.4) is 0 Å². The minimum Gasteiger partial charge on any atom is -0.505 e. The number of rotatable bonds is 6. The number of anilines is 1. The Labute approximate surface area is 165 Å². The van der Waals surface area contributed by atoms with Crippen molar-refractivity contribution < 1.29 is 18.6 Å². The largest absolute Gasteiger partial charge is 0.505 e. The lowest BCUT2D eigenvalue weighted by atomic mass is 9.99. The van der Waals surface area contributed by atoms with Gasteiger partial charge in [0, 0.05) is 29.0 Å². The molecule has 2 aromatic heterocycles. The van der Waals surface area contributed by atoms with Gasteiger partial charge in [0.1, 0.15) is 17.0 Å².